The summed E-state index contributed by atoms with van der Waals surface area (Å²) in [5.41, 5.74) is -0.406. The van der Waals surface area contributed by atoms with Crippen molar-refractivity contribution < 1.29 is 4.79 Å². The molecule has 2 aliphatic rings. The molecule has 0 bridgehead atoms. The molecule has 0 aromatic carbocycles. The number of nitrogens with zero attached hydrogens (tertiary/aromatic N) is 2. The predicted octanol–water partition coefficient (Wildman–Crippen LogP) is 0.716. The van der Waals surface area contributed by atoms with Crippen LogP contribution >= 0.6 is 0 Å². The molecule has 2 aliphatic heterocycles. The number of carbonyl (C=O) groups is 1. The number of rotatable bonds is 3. The molecule has 1 amide bonds. The Morgan fingerprint density at radius 1 is 1.33 bits per heavy atom. The standard InChI is InChI=1S/C13H24N4O/c1-3-8-14-12-15-11(18)13(16-12)6-5-9-17(4-2)10-7-13/h3-10H2,1-2H3,(H2,14,15,16,18). The average Bonchev–Trinajstić information content (AvgIpc) is 2.56. The number of amides is 1. The second-order valence-corrected chi connectivity index (χ2v) is 5.18. The molecule has 5 nitrogen and oxygen atoms in total. The second-order valence-electron chi connectivity index (χ2n) is 5.18. The Morgan fingerprint density at radius 3 is 2.89 bits per heavy atom. The van der Waals surface area contributed by atoms with Gasteiger partial charge in [-0.2, -0.15) is 0 Å². The molecule has 0 saturated carbocycles. The van der Waals surface area contributed by atoms with Crippen LogP contribution in [0.5, 0.6) is 0 Å². The summed E-state index contributed by atoms with van der Waals surface area (Å²) in [5.74, 6) is 0.780. The van der Waals surface area contributed by atoms with E-state index in [0.717, 1.165) is 51.9 Å². The van der Waals surface area contributed by atoms with Gasteiger partial charge in [0.25, 0.3) is 5.91 Å². The van der Waals surface area contributed by atoms with Crippen molar-refractivity contribution in [2.24, 2.45) is 4.99 Å². The highest BCUT2D eigenvalue weighted by molar-refractivity contribution is 6.09. The highest BCUT2D eigenvalue weighted by Gasteiger charge is 2.45. The minimum Gasteiger partial charge on any atom is -0.342 e. The molecule has 0 aromatic heterocycles. The van der Waals surface area contributed by atoms with Gasteiger partial charge in [0, 0.05) is 13.1 Å². The van der Waals surface area contributed by atoms with E-state index in [2.05, 4.69) is 34.4 Å². The first-order valence-electron chi connectivity index (χ1n) is 7.06. The van der Waals surface area contributed by atoms with E-state index in [4.69, 9.17) is 0 Å². The normalized spacial score (nSPS) is 31.4. The largest absolute Gasteiger partial charge is 0.342 e. The van der Waals surface area contributed by atoms with Gasteiger partial charge < -0.3 is 10.2 Å². The van der Waals surface area contributed by atoms with Gasteiger partial charge in [0.2, 0.25) is 0 Å². The molecular weight excluding hydrogens is 228 g/mol. The van der Waals surface area contributed by atoms with Gasteiger partial charge in [0.15, 0.2) is 5.96 Å². The van der Waals surface area contributed by atoms with Crippen LogP contribution in [0, 0.1) is 0 Å². The fraction of sp³-hybridized carbons (Fsp3) is 0.846. The summed E-state index contributed by atoms with van der Waals surface area (Å²) in [4.78, 5) is 19.0. The van der Waals surface area contributed by atoms with E-state index in [9.17, 15) is 4.79 Å². The van der Waals surface area contributed by atoms with Crippen LogP contribution in [-0.4, -0.2) is 48.5 Å². The first-order chi connectivity index (χ1) is 8.70. The number of nitrogens with one attached hydrogen (secondary N) is 2. The molecule has 1 unspecified atom stereocenters. The van der Waals surface area contributed by atoms with Crippen molar-refractivity contribution in [2.45, 2.75) is 45.1 Å². The van der Waals surface area contributed by atoms with Gasteiger partial charge in [0.1, 0.15) is 5.54 Å². The van der Waals surface area contributed by atoms with Gasteiger partial charge in [-0.3, -0.25) is 15.1 Å². The van der Waals surface area contributed by atoms with Crippen LogP contribution < -0.4 is 10.6 Å². The summed E-state index contributed by atoms with van der Waals surface area (Å²) < 4.78 is 0. The van der Waals surface area contributed by atoms with Crippen molar-refractivity contribution in [1.29, 1.82) is 0 Å². The molecule has 2 saturated heterocycles. The molecule has 18 heavy (non-hydrogen) atoms. The molecule has 1 spiro atoms. The Labute approximate surface area is 109 Å². The average molecular weight is 252 g/mol. The lowest BCUT2D eigenvalue weighted by molar-refractivity contribution is -0.124. The Hall–Kier alpha value is -1.10. The Kier molecular flexibility index (Phi) is 4.22. The lowest BCUT2D eigenvalue weighted by atomic mass is 9.91. The monoisotopic (exact) mass is 252 g/mol. The predicted molar refractivity (Wildman–Crippen MR) is 72.6 cm³/mol. The SMILES string of the molecule is CCCN=C1NC(=O)C2(CCCN(CC)CC2)N1. The summed E-state index contributed by atoms with van der Waals surface area (Å²) in [7, 11) is 0. The molecule has 2 N–H and O–H groups in total. The number of carbonyl (C=O) groups excluding carboxylic acids is 1. The summed E-state index contributed by atoms with van der Waals surface area (Å²) >= 11 is 0. The van der Waals surface area contributed by atoms with E-state index in [-0.39, 0.29) is 5.91 Å². The van der Waals surface area contributed by atoms with Crippen molar-refractivity contribution in [2.75, 3.05) is 26.2 Å². The minimum absolute atomic E-state index is 0.107. The van der Waals surface area contributed by atoms with Gasteiger partial charge in [-0.15, -0.1) is 0 Å². The Bertz CT molecular complexity index is 342. The minimum atomic E-state index is -0.406. The Morgan fingerprint density at radius 2 is 2.17 bits per heavy atom. The molecule has 2 heterocycles. The maximum Gasteiger partial charge on any atom is 0.252 e. The van der Waals surface area contributed by atoms with E-state index < -0.39 is 5.54 Å². The highest BCUT2D eigenvalue weighted by atomic mass is 16.2. The number of aliphatic imine (C=N–C) groups is 1. The molecule has 102 valence electrons. The maximum absolute atomic E-state index is 12.2. The van der Waals surface area contributed by atoms with Crippen LogP contribution in [0.15, 0.2) is 4.99 Å². The van der Waals surface area contributed by atoms with Crippen LogP contribution in [0.25, 0.3) is 0 Å². The van der Waals surface area contributed by atoms with Gasteiger partial charge in [-0.1, -0.05) is 13.8 Å². The zero-order valence-corrected chi connectivity index (χ0v) is 11.5. The van der Waals surface area contributed by atoms with Crippen molar-refractivity contribution in [1.82, 2.24) is 15.5 Å². The smallest absolute Gasteiger partial charge is 0.252 e. The number of likely N-dealkylation sites (tertiary alicyclic amines) is 1. The van der Waals surface area contributed by atoms with Gasteiger partial charge in [0.05, 0.1) is 0 Å². The number of hydrogen-bond acceptors (Lipinski definition) is 3. The molecular formula is C13H24N4O. The fourth-order valence-corrected chi connectivity index (χ4v) is 2.70. The first-order valence-corrected chi connectivity index (χ1v) is 7.06. The zero-order chi connectivity index (χ0) is 13.0. The van der Waals surface area contributed by atoms with E-state index in [0.29, 0.717) is 5.96 Å². The zero-order valence-electron chi connectivity index (χ0n) is 11.5. The third kappa shape index (κ3) is 2.66. The third-order valence-electron chi connectivity index (χ3n) is 3.90. The molecule has 0 aromatic rings. The van der Waals surface area contributed by atoms with Crippen LogP contribution in [0.1, 0.15) is 39.5 Å². The maximum atomic E-state index is 12.2. The number of guanidine groups is 1. The molecule has 1 atom stereocenters. The number of hydrogen-bond donors (Lipinski definition) is 2. The van der Waals surface area contributed by atoms with Crippen molar-refractivity contribution in [3.05, 3.63) is 0 Å². The van der Waals surface area contributed by atoms with E-state index >= 15 is 0 Å². The van der Waals surface area contributed by atoms with Gasteiger partial charge >= 0.3 is 0 Å². The molecule has 0 radical (unpaired) electrons. The lowest BCUT2D eigenvalue weighted by Crippen LogP contribution is -2.47. The topological polar surface area (TPSA) is 56.7 Å². The van der Waals surface area contributed by atoms with Gasteiger partial charge in [-0.25, -0.2) is 0 Å². The van der Waals surface area contributed by atoms with Crippen molar-refractivity contribution in [3.8, 4) is 0 Å². The van der Waals surface area contributed by atoms with Crippen molar-refractivity contribution in [3.63, 3.8) is 0 Å². The van der Waals surface area contributed by atoms with Crippen LogP contribution in [0.2, 0.25) is 0 Å². The van der Waals surface area contributed by atoms with E-state index in [1.54, 1.807) is 0 Å². The quantitative estimate of drug-likeness (QED) is 0.778. The lowest BCUT2D eigenvalue weighted by Gasteiger charge is -2.24. The molecule has 0 aliphatic carbocycles. The highest BCUT2D eigenvalue weighted by Crippen LogP contribution is 2.25. The van der Waals surface area contributed by atoms with Gasteiger partial charge in [-0.05, 0) is 38.8 Å². The Balaban J connectivity index is 2.05. The van der Waals surface area contributed by atoms with Crippen LogP contribution in [0.4, 0.5) is 0 Å². The molecule has 5 heteroatoms. The second kappa shape index (κ2) is 5.69. The summed E-state index contributed by atoms with van der Waals surface area (Å²) in [6.07, 6.45) is 3.84. The molecule has 2 fully saturated rings. The summed E-state index contributed by atoms with van der Waals surface area (Å²) in [6.45, 7) is 8.16. The summed E-state index contributed by atoms with van der Waals surface area (Å²) in [6, 6.07) is 0. The first kappa shape index (κ1) is 13.3. The van der Waals surface area contributed by atoms with Crippen LogP contribution in [0.3, 0.4) is 0 Å². The van der Waals surface area contributed by atoms with E-state index in [1.807, 2.05) is 0 Å². The van der Waals surface area contributed by atoms with Crippen LogP contribution in [-0.2, 0) is 4.79 Å². The fourth-order valence-electron chi connectivity index (χ4n) is 2.70. The summed E-state index contributed by atoms with van der Waals surface area (Å²) in [5, 5.41) is 6.23. The van der Waals surface area contributed by atoms with E-state index in [1.165, 1.54) is 0 Å². The molecule has 2 rings (SSSR count). The third-order valence-corrected chi connectivity index (χ3v) is 3.90. The van der Waals surface area contributed by atoms with Crippen molar-refractivity contribution >= 4 is 11.9 Å².